The van der Waals surface area contributed by atoms with Gasteiger partial charge >= 0.3 is 0 Å². The number of nitrogens with one attached hydrogen (secondary N) is 1. The summed E-state index contributed by atoms with van der Waals surface area (Å²) >= 11 is 0. The van der Waals surface area contributed by atoms with Crippen LogP contribution in [-0.4, -0.2) is 17.6 Å². The first kappa shape index (κ1) is 11.2. The molecule has 0 fully saturated rings. The van der Waals surface area contributed by atoms with Gasteiger partial charge in [0.25, 0.3) is 6.43 Å². The fourth-order valence-electron chi connectivity index (χ4n) is 2.28. The number of aromatic amines is 1. The zero-order chi connectivity index (χ0) is 11.7. The van der Waals surface area contributed by atoms with Crippen molar-refractivity contribution in [3.05, 3.63) is 33.7 Å². The third-order valence-corrected chi connectivity index (χ3v) is 3.02. The second-order valence-corrected chi connectivity index (χ2v) is 4.01. The van der Waals surface area contributed by atoms with Gasteiger partial charge in [0.05, 0.1) is 0 Å². The molecule has 2 rings (SSSR count). The largest absolute Gasteiger partial charge is 0.365 e. The molecule has 5 heteroatoms. The number of alkyl halides is 3. The lowest BCUT2D eigenvalue weighted by Gasteiger charge is -2.26. The minimum absolute atomic E-state index is 0.210. The van der Waals surface area contributed by atoms with Gasteiger partial charge in [0.1, 0.15) is 0 Å². The Morgan fingerprint density at radius 1 is 1.38 bits per heavy atom. The molecule has 1 heterocycles. The molecule has 0 amide bonds. The fraction of sp³-hybridized carbons (Fsp3) is 0.545. The first-order valence-corrected chi connectivity index (χ1v) is 5.24. The topological polar surface area (TPSA) is 32.9 Å². The molecule has 0 aliphatic heterocycles. The molecule has 1 aromatic heterocycles. The Morgan fingerprint density at radius 2 is 2.12 bits per heavy atom. The molecule has 88 valence electrons. The molecule has 0 bridgehead atoms. The van der Waals surface area contributed by atoms with Crippen molar-refractivity contribution in [2.24, 2.45) is 0 Å². The molecule has 0 saturated carbocycles. The normalized spacial score (nSPS) is 21.9. The maximum Gasteiger partial charge on any atom is 0.269 e. The summed E-state index contributed by atoms with van der Waals surface area (Å²) in [6.07, 6.45) is -2.24. The molecule has 0 spiro atoms. The maximum atomic E-state index is 13.4. The van der Waals surface area contributed by atoms with Crippen LogP contribution in [0.2, 0.25) is 0 Å². The molecule has 1 aromatic rings. The van der Waals surface area contributed by atoms with Crippen LogP contribution in [0.25, 0.3) is 0 Å². The van der Waals surface area contributed by atoms with Gasteiger partial charge < -0.3 is 4.98 Å². The standard InChI is InChI=1S/C11H12F3NO/c12-10(11(13)14)6-2-1-3-7-9(6)8(16)4-5-15-7/h4-6,10-11H,1-3H2,(H,15,16)/t6-,10?/m1/s1. The van der Waals surface area contributed by atoms with E-state index in [4.69, 9.17) is 0 Å². The van der Waals surface area contributed by atoms with E-state index in [1.807, 2.05) is 0 Å². The van der Waals surface area contributed by atoms with Crippen molar-refractivity contribution in [2.45, 2.75) is 37.8 Å². The first-order valence-electron chi connectivity index (χ1n) is 5.24. The lowest BCUT2D eigenvalue weighted by molar-refractivity contribution is 0.0307. The van der Waals surface area contributed by atoms with E-state index >= 15 is 0 Å². The van der Waals surface area contributed by atoms with E-state index in [1.54, 1.807) is 0 Å². The Labute approximate surface area is 90.5 Å². The molecule has 1 N–H and O–H groups in total. The number of pyridine rings is 1. The summed E-state index contributed by atoms with van der Waals surface area (Å²) in [5, 5.41) is 0. The highest BCUT2D eigenvalue weighted by atomic mass is 19.3. The van der Waals surface area contributed by atoms with Crippen LogP contribution in [0.3, 0.4) is 0 Å². The van der Waals surface area contributed by atoms with Crippen molar-refractivity contribution < 1.29 is 13.2 Å². The number of halogens is 3. The summed E-state index contributed by atoms with van der Waals surface area (Å²) in [6, 6.07) is 1.26. The SMILES string of the molecule is O=c1cc[nH]c2c1[C@H](C(F)C(F)F)CCC2. The van der Waals surface area contributed by atoms with Crippen LogP contribution in [-0.2, 0) is 6.42 Å². The van der Waals surface area contributed by atoms with Gasteiger partial charge in [-0.15, -0.1) is 0 Å². The molecule has 1 unspecified atom stereocenters. The number of aryl methyl sites for hydroxylation is 1. The van der Waals surface area contributed by atoms with E-state index in [0.717, 1.165) is 0 Å². The monoisotopic (exact) mass is 231 g/mol. The highest BCUT2D eigenvalue weighted by molar-refractivity contribution is 5.28. The molecule has 1 aliphatic rings. The van der Waals surface area contributed by atoms with Gasteiger partial charge in [-0.05, 0) is 19.3 Å². The minimum Gasteiger partial charge on any atom is -0.365 e. The van der Waals surface area contributed by atoms with Crippen LogP contribution >= 0.6 is 0 Å². The second-order valence-electron chi connectivity index (χ2n) is 4.01. The van der Waals surface area contributed by atoms with Crippen LogP contribution in [0.5, 0.6) is 0 Å². The third kappa shape index (κ3) is 1.86. The van der Waals surface area contributed by atoms with Crippen LogP contribution in [0.1, 0.15) is 30.0 Å². The lowest BCUT2D eigenvalue weighted by Crippen LogP contribution is -2.30. The molecule has 1 aliphatic carbocycles. The van der Waals surface area contributed by atoms with Crippen molar-refractivity contribution in [3.63, 3.8) is 0 Å². The van der Waals surface area contributed by atoms with Crippen molar-refractivity contribution >= 4 is 0 Å². The van der Waals surface area contributed by atoms with E-state index in [0.29, 0.717) is 25.0 Å². The quantitative estimate of drug-likeness (QED) is 0.832. The summed E-state index contributed by atoms with van der Waals surface area (Å²) < 4.78 is 38.1. The zero-order valence-electron chi connectivity index (χ0n) is 8.55. The summed E-state index contributed by atoms with van der Waals surface area (Å²) in [4.78, 5) is 14.4. The first-order chi connectivity index (χ1) is 7.61. The highest BCUT2D eigenvalue weighted by Crippen LogP contribution is 2.34. The van der Waals surface area contributed by atoms with Crippen LogP contribution in [0.4, 0.5) is 13.2 Å². The zero-order valence-corrected chi connectivity index (χ0v) is 8.55. The summed E-state index contributed by atoms with van der Waals surface area (Å²) in [5.74, 6) is -0.964. The Hall–Kier alpha value is -1.26. The molecule has 0 saturated heterocycles. The van der Waals surface area contributed by atoms with E-state index in [-0.39, 0.29) is 11.0 Å². The molecule has 0 aromatic carbocycles. The number of rotatable bonds is 2. The molecule has 2 nitrogen and oxygen atoms in total. The summed E-state index contributed by atoms with van der Waals surface area (Å²) in [7, 11) is 0. The Balaban J connectivity index is 2.43. The van der Waals surface area contributed by atoms with Gasteiger partial charge in [0.15, 0.2) is 11.6 Å². The van der Waals surface area contributed by atoms with Crippen LogP contribution < -0.4 is 5.43 Å². The molecular weight excluding hydrogens is 219 g/mol. The van der Waals surface area contributed by atoms with E-state index in [2.05, 4.69) is 4.98 Å². The van der Waals surface area contributed by atoms with E-state index < -0.39 is 18.5 Å². The van der Waals surface area contributed by atoms with Gasteiger partial charge in [-0.2, -0.15) is 0 Å². The predicted molar refractivity (Wildman–Crippen MR) is 53.6 cm³/mol. The molecule has 16 heavy (non-hydrogen) atoms. The maximum absolute atomic E-state index is 13.4. The second kappa shape index (κ2) is 4.31. The Kier molecular flexibility index (Phi) is 3.03. The van der Waals surface area contributed by atoms with Crippen LogP contribution in [0.15, 0.2) is 17.1 Å². The van der Waals surface area contributed by atoms with E-state index in [1.165, 1.54) is 12.3 Å². The predicted octanol–water partition coefficient (Wildman–Crippen LogP) is 2.40. The molecular formula is C11H12F3NO. The Morgan fingerprint density at radius 3 is 2.81 bits per heavy atom. The average molecular weight is 231 g/mol. The van der Waals surface area contributed by atoms with Crippen molar-refractivity contribution in [3.8, 4) is 0 Å². The number of aromatic nitrogens is 1. The molecule has 0 radical (unpaired) electrons. The molecule has 2 atom stereocenters. The summed E-state index contributed by atoms with van der Waals surface area (Å²) in [5.41, 5.74) is 0.468. The lowest BCUT2D eigenvalue weighted by atomic mass is 9.82. The van der Waals surface area contributed by atoms with Crippen LogP contribution in [0, 0.1) is 0 Å². The number of fused-ring (bicyclic) bond motifs is 1. The average Bonchev–Trinajstić information content (AvgIpc) is 2.27. The third-order valence-electron chi connectivity index (χ3n) is 3.02. The fourth-order valence-corrected chi connectivity index (χ4v) is 2.28. The van der Waals surface area contributed by atoms with Crippen molar-refractivity contribution in [2.75, 3.05) is 0 Å². The number of H-pyrrole nitrogens is 1. The van der Waals surface area contributed by atoms with Gasteiger partial charge in [-0.1, -0.05) is 0 Å². The van der Waals surface area contributed by atoms with Gasteiger partial charge in [-0.25, -0.2) is 13.2 Å². The van der Waals surface area contributed by atoms with E-state index in [9.17, 15) is 18.0 Å². The van der Waals surface area contributed by atoms with Crippen molar-refractivity contribution in [1.82, 2.24) is 4.98 Å². The smallest absolute Gasteiger partial charge is 0.269 e. The number of hydrogen-bond acceptors (Lipinski definition) is 1. The highest BCUT2D eigenvalue weighted by Gasteiger charge is 2.35. The summed E-state index contributed by atoms with van der Waals surface area (Å²) in [6.45, 7) is 0. The Bertz CT molecular complexity index is 429. The number of hydrogen-bond donors (Lipinski definition) is 1. The van der Waals surface area contributed by atoms with Gasteiger partial charge in [0.2, 0.25) is 0 Å². The van der Waals surface area contributed by atoms with Crippen molar-refractivity contribution in [1.29, 1.82) is 0 Å². The van der Waals surface area contributed by atoms with Gasteiger partial charge in [-0.3, -0.25) is 4.79 Å². The van der Waals surface area contributed by atoms with Gasteiger partial charge in [0, 0.05) is 29.4 Å². The minimum atomic E-state index is -3.03.